The Bertz CT molecular complexity index is 618. The van der Waals surface area contributed by atoms with E-state index in [1.54, 1.807) is 6.07 Å². The number of rotatable bonds is 4. The standard InChI is InChI=1S/C10H10ClN5O2S/c1-5(7-2-3-8(11)19-7)14-9-6(16(17)18)4-13-10(12)15-9/h2-5H,1H3,(H3,12,13,14,15). The molecule has 0 saturated heterocycles. The second kappa shape index (κ2) is 5.37. The van der Waals surface area contributed by atoms with Gasteiger partial charge in [0.15, 0.2) is 0 Å². The Morgan fingerprint density at radius 2 is 2.32 bits per heavy atom. The van der Waals surface area contributed by atoms with Gasteiger partial charge >= 0.3 is 5.69 Å². The highest BCUT2D eigenvalue weighted by molar-refractivity contribution is 7.16. The van der Waals surface area contributed by atoms with E-state index in [4.69, 9.17) is 17.3 Å². The fraction of sp³-hybridized carbons (Fsp3) is 0.200. The number of hydrogen-bond acceptors (Lipinski definition) is 7. The van der Waals surface area contributed by atoms with Crippen LogP contribution in [0.1, 0.15) is 17.8 Å². The number of hydrogen-bond donors (Lipinski definition) is 2. The van der Waals surface area contributed by atoms with E-state index in [0.29, 0.717) is 4.34 Å². The molecule has 0 radical (unpaired) electrons. The molecule has 2 heterocycles. The number of nitrogens with one attached hydrogen (secondary N) is 1. The zero-order valence-corrected chi connectivity index (χ0v) is 11.4. The van der Waals surface area contributed by atoms with Gasteiger partial charge in [0, 0.05) is 4.88 Å². The van der Waals surface area contributed by atoms with Crippen molar-refractivity contribution in [3.63, 3.8) is 0 Å². The minimum absolute atomic E-state index is 0.0236. The zero-order chi connectivity index (χ0) is 14.0. The molecule has 100 valence electrons. The molecule has 0 aliphatic rings. The van der Waals surface area contributed by atoms with Crippen molar-refractivity contribution in [2.75, 3.05) is 11.1 Å². The van der Waals surface area contributed by atoms with Crippen molar-refractivity contribution >= 4 is 40.4 Å². The number of nitrogens with two attached hydrogens (primary N) is 1. The Morgan fingerprint density at radius 3 is 2.89 bits per heavy atom. The number of anilines is 2. The zero-order valence-electron chi connectivity index (χ0n) is 9.83. The Balaban J connectivity index is 2.27. The molecule has 9 heteroatoms. The average Bonchev–Trinajstić information content (AvgIpc) is 2.75. The van der Waals surface area contributed by atoms with Crippen molar-refractivity contribution in [3.8, 4) is 0 Å². The Morgan fingerprint density at radius 1 is 1.58 bits per heavy atom. The van der Waals surface area contributed by atoms with Gasteiger partial charge in [-0.2, -0.15) is 4.98 Å². The summed E-state index contributed by atoms with van der Waals surface area (Å²) in [6, 6.07) is 3.44. The predicted molar refractivity (Wildman–Crippen MR) is 74.5 cm³/mol. The van der Waals surface area contributed by atoms with Crippen LogP contribution in [-0.2, 0) is 0 Å². The van der Waals surface area contributed by atoms with Crippen LogP contribution in [0.2, 0.25) is 4.34 Å². The number of halogens is 1. The number of aromatic nitrogens is 2. The van der Waals surface area contributed by atoms with E-state index in [2.05, 4.69) is 15.3 Å². The van der Waals surface area contributed by atoms with Gasteiger partial charge in [-0.15, -0.1) is 11.3 Å². The minimum atomic E-state index is -0.560. The first-order valence-corrected chi connectivity index (χ1v) is 6.45. The lowest BCUT2D eigenvalue weighted by atomic mass is 10.2. The first kappa shape index (κ1) is 13.5. The molecule has 0 aliphatic heterocycles. The van der Waals surface area contributed by atoms with E-state index < -0.39 is 4.92 Å². The summed E-state index contributed by atoms with van der Waals surface area (Å²) in [5.41, 5.74) is 5.22. The van der Waals surface area contributed by atoms with E-state index in [1.165, 1.54) is 11.3 Å². The van der Waals surface area contributed by atoms with Gasteiger partial charge in [-0.25, -0.2) is 4.98 Å². The van der Waals surface area contributed by atoms with E-state index >= 15 is 0 Å². The minimum Gasteiger partial charge on any atom is -0.368 e. The molecular weight excluding hydrogens is 290 g/mol. The maximum atomic E-state index is 10.9. The SMILES string of the molecule is CC(Nc1nc(N)ncc1[N+](=O)[O-])c1ccc(Cl)s1. The molecule has 0 fully saturated rings. The van der Waals surface area contributed by atoms with Crippen LogP contribution < -0.4 is 11.1 Å². The third-order valence-corrected chi connectivity index (χ3v) is 3.77. The maximum absolute atomic E-state index is 10.9. The highest BCUT2D eigenvalue weighted by atomic mass is 35.5. The topological polar surface area (TPSA) is 107 Å². The third kappa shape index (κ3) is 3.09. The summed E-state index contributed by atoms with van der Waals surface area (Å²) < 4.78 is 0.653. The van der Waals surface area contributed by atoms with Crippen LogP contribution >= 0.6 is 22.9 Å². The van der Waals surface area contributed by atoms with Gasteiger partial charge in [0.25, 0.3) is 0 Å². The molecule has 1 atom stereocenters. The third-order valence-electron chi connectivity index (χ3n) is 2.36. The molecule has 2 aromatic rings. The van der Waals surface area contributed by atoms with Crippen LogP contribution in [0.25, 0.3) is 0 Å². The van der Waals surface area contributed by atoms with Gasteiger partial charge in [-0.3, -0.25) is 10.1 Å². The number of nitrogen functional groups attached to an aromatic ring is 1. The lowest BCUT2D eigenvalue weighted by Gasteiger charge is -2.12. The van der Waals surface area contributed by atoms with E-state index in [1.807, 2.05) is 13.0 Å². The summed E-state index contributed by atoms with van der Waals surface area (Å²) in [5.74, 6) is 0.0686. The molecule has 0 spiro atoms. The van der Waals surface area contributed by atoms with Gasteiger partial charge in [0.2, 0.25) is 11.8 Å². The highest BCUT2D eigenvalue weighted by Gasteiger charge is 2.19. The molecule has 0 aromatic carbocycles. The molecule has 0 saturated carbocycles. The van der Waals surface area contributed by atoms with Crippen molar-refractivity contribution in [2.45, 2.75) is 13.0 Å². The van der Waals surface area contributed by atoms with Crippen LogP contribution in [-0.4, -0.2) is 14.9 Å². The number of nitro groups is 1. The molecule has 0 amide bonds. The van der Waals surface area contributed by atoms with E-state index in [-0.39, 0.29) is 23.5 Å². The van der Waals surface area contributed by atoms with Gasteiger partial charge < -0.3 is 11.1 Å². The molecule has 3 N–H and O–H groups in total. The van der Waals surface area contributed by atoms with Crippen molar-refractivity contribution in [1.29, 1.82) is 0 Å². The fourth-order valence-electron chi connectivity index (χ4n) is 1.47. The van der Waals surface area contributed by atoms with Crippen molar-refractivity contribution in [2.24, 2.45) is 0 Å². The first-order valence-electron chi connectivity index (χ1n) is 5.26. The number of thiophene rings is 1. The van der Waals surface area contributed by atoms with Crippen molar-refractivity contribution in [1.82, 2.24) is 9.97 Å². The summed E-state index contributed by atoms with van der Waals surface area (Å²) >= 11 is 7.24. The smallest absolute Gasteiger partial charge is 0.329 e. The summed E-state index contributed by atoms with van der Waals surface area (Å²) in [6.45, 7) is 1.85. The molecular formula is C10H10ClN5O2S. The molecule has 2 rings (SSSR count). The molecule has 7 nitrogen and oxygen atoms in total. The Hall–Kier alpha value is -1.93. The van der Waals surface area contributed by atoms with Crippen LogP contribution in [0.15, 0.2) is 18.3 Å². The van der Waals surface area contributed by atoms with Crippen LogP contribution in [0.5, 0.6) is 0 Å². The van der Waals surface area contributed by atoms with Crippen LogP contribution in [0.4, 0.5) is 17.5 Å². The summed E-state index contributed by atoms with van der Waals surface area (Å²) in [5, 5.41) is 13.8. The second-order valence-electron chi connectivity index (χ2n) is 3.73. The van der Waals surface area contributed by atoms with Crippen LogP contribution in [0, 0.1) is 10.1 Å². The fourth-order valence-corrected chi connectivity index (χ4v) is 2.53. The van der Waals surface area contributed by atoms with E-state index in [9.17, 15) is 10.1 Å². The van der Waals surface area contributed by atoms with Crippen molar-refractivity contribution < 1.29 is 4.92 Å². The summed E-state index contributed by atoms with van der Waals surface area (Å²) in [7, 11) is 0. The summed E-state index contributed by atoms with van der Waals surface area (Å²) in [4.78, 5) is 18.7. The highest BCUT2D eigenvalue weighted by Crippen LogP contribution is 2.31. The molecule has 2 aromatic heterocycles. The van der Waals surface area contributed by atoms with Gasteiger partial charge in [0.05, 0.1) is 15.3 Å². The number of nitrogens with zero attached hydrogens (tertiary/aromatic N) is 3. The lowest BCUT2D eigenvalue weighted by molar-refractivity contribution is -0.384. The average molecular weight is 300 g/mol. The first-order chi connectivity index (χ1) is 8.97. The van der Waals surface area contributed by atoms with Gasteiger partial charge in [-0.1, -0.05) is 11.6 Å². The molecule has 0 bridgehead atoms. The monoisotopic (exact) mass is 299 g/mol. The Kier molecular flexibility index (Phi) is 3.82. The van der Waals surface area contributed by atoms with Crippen molar-refractivity contribution in [3.05, 3.63) is 37.7 Å². The largest absolute Gasteiger partial charge is 0.368 e. The summed E-state index contributed by atoms with van der Waals surface area (Å²) in [6.07, 6.45) is 1.08. The molecule has 19 heavy (non-hydrogen) atoms. The maximum Gasteiger partial charge on any atom is 0.329 e. The van der Waals surface area contributed by atoms with E-state index in [0.717, 1.165) is 11.1 Å². The molecule has 0 aliphatic carbocycles. The Labute approximate surface area is 117 Å². The quantitative estimate of drug-likeness (QED) is 0.664. The van der Waals surface area contributed by atoms with Crippen LogP contribution in [0.3, 0.4) is 0 Å². The molecule has 1 unspecified atom stereocenters. The van der Waals surface area contributed by atoms with Gasteiger partial charge in [-0.05, 0) is 19.1 Å². The van der Waals surface area contributed by atoms with Gasteiger partial charge in [0.1, 0.15) is 6.20 Å². The second-order valence-corrected chi connectivity index (χ2v) is 5.47. The normalized spacial score (nSPS) is 12.1. The predicted octanol–water partition coefficient (Wildman–Crippen LogP) is 2.86. The lowest BCUT2D eigenvalue weighted by Crippen LogP contribution is -2.10.